The molecule has 2 aromatic carbocycles. The van der Waals surface area contributed by atoms with E-state index in [-0.39, 0.29) is 17.2 Å². The third-order valence-electron chi connectivity index (χ3n) is 4.36. The summed E-state index contributed by atoms with van der Waals surface area (Å²) in [6, 6.07) is 12.3. The molecule has 1 amide bonds. The summed E-state index contributed by atoms with van der Waals surface area (Å²) >= 11 is 7.32. The quantitative estimate of drug-likeness (QED) is 0.490. The number of aromatic nitrogens is 4. The van der Waals surface area contributed by atoms with Gasteiger partial charge >= 0.3 is 0 Å². The highest BCUT2D eigenvalue weighted by molar-refractivity contribution is 7.99. The predicted molar refractivity (Wildman–Crippen MR) is 113 cm³/mol. The second-order valence-corrected chi connectivity index (χ2v) is 7.54. The zero-order valence-corrected chi connectivity index (χ0v) is 17.1. The first-order valence-electron chi connectivity index (χ1n) is 8.58. The summed E-state index contributed by atoms with van der Waals surface area (Å²) in [4.78, 5) is 24.9. The zero-order valence-electron chi connectivity index (χ0n) is 15.5. The first-order chi connectivity index (χ1) is 14.0. The van der Waals surface area contributed by atoms with Crippen molar-refractivity contribution in [2.24, 2.45) is 7.05 Å². The molecule has 1 N–H and O–H groups in total. The van der Waals surface area contributed by atoms with Gasteiger partial charge in [0, 0.05) is 12.7 Å². The molecule has 2 aromatic heterocycles. The third-order valence-corrected chi connectivity index (χ3v) is 5.59. The second kappa shape index (κ2) is 7.76. The Morgan fingerprint density at radius 1 is 1.24 bits per heavy atom. The molecule has 4 aromatic rings. The number of hydrogen-bond acceptors (Lipinski definition) is 6. The zero-order chi connectivity index (χ0) is 20.5. The van der Waals surface area contributed by atoms with Gasteiger partial charge in [-0.05, 0) is 30.3 Å². The summed E-state index contributed by atoms with van der Waals surface area (Å²) in [7, 11) is 3.17. The number of fused-ring (bicyclic) bond motifs is 3. The number of aryl methyl sites for hydroxylation is 1. The normalized spacial score (nSPS) is 11.1. The molecule has 148 valence electrons. The standard InChI is InChI=1S/C19H16ClN5O3S/c1-24-17(27)12-5-3-4-6-14(12)25-18(24)22-23-19(25)29-10-16(26)21-11-7-8-15(28-2)13(20)9-11/h3-9H,10H2,1-2H3,(H,21,26). The minimum atomic E-state index is -0.220. The van der Waals surface area contributed by atoms with E-state index in [0.29, 0.717) is 38.3 Å². The SMILES string of the molecule is COc1ccc(NC(=O)CSc2nnc3n(C)c(=O)c4ccccc4n23)cc1Cl. The molecule has 2 heterocycles. The number of carbonyl (C=O) groups excluding carboxylic acids is 1. The molecule has 8 nitrogen and oxygen atoms in total. The van der Waals surface area contributed by atoms with Crippen LogP contribution in [-0.4, -0.2) is 37.9 Å². The summed E-state index contributed by atoms with van der Waals surface area (Å²) in [5, 5.41) is 12.6. The monoisotopic (exact) mass is 429 g/mol. The first kappa shape index (κ1) is 19.3. The van der Waals surface area contributed by atoms with Gasteiger partial charge in [0.2, 0.25) is 11.7 Å². The van der Waals surface area contributed by atoms with E-state index in [4.69, 9.17) is 16.3 Å². The fourth-order valence-corrected chi connectivity index (χ4v) is 3.97. The summed E-state index contributed by atoms with van der Waals surface area (Å²) in [6.07, 6.45) is 0. The van der Waals surface area contributed by atoms with Gasteiger partial charge in [-0.2, -0.15) is 0 Å². The summed E-state index contributed by atoms with van der Waals surface area (Å²) in [5.74, 6) is 0.842. The largest absolute Gasteiger partial charge is 0.495 e. The van der Waals surface area contributed by atoms with Gasteiger partial charge in [-0.1, -0.05) is 35.5 Å². The third kappa shape index (κ3) is 3.54. The van der Waals surface area contributed by atoms with Crippen LogP contribution in [-0.2, 0) is 11.8 Å². The van der Waals surface area contributed by atoms with E-state index in [1.54, 1.807) is 41.8 Å². The number of nitrogens with zero attached hydrogens (tertiary/aromatic N) is 4. The van der Waals surface area contributed by atoms with Crippen molar-refractivity contribution in [1.29, 1.82) is 0 Å². The highest BCUT2D eigenvalue weighted by Crippen LogP contribution is 2.27. The summed E-state index contributed by atoms with van der Waals surface area (Å²) < 4.78 is 8.32. The van der Waals surface area contributed by atoms with Crippen LogP contribution in [0.4, 0.5) is 5.69 Å². The van der Waals surface area contributed by atoms with E-state index >= 15 is 0 Å². The molecule has 0 aliphatic heterocycles. The Balaban J connectivity index is 1.58. The van der Waals surface area contributed by atoms with Gasteiger partial charge in [-0.3, -0.25) is 18.6 Å². The molecule has 0 bridgehead atoms. The number of rotatable bonds is 5. The van der Waals surface area contributed by atoms with E-state index in [2.05, 4.69) is 15.5 Å². The maximum Gasteiger partial charge on any atom is 0.262 e. The Kier molecular flexibility index (Phi) is 5.16. The van der Waals surface area contributed by atoms with Crippen LogP contribution in [0.2, 0.25) is 5.02 Å². The number of halogens is 1. The molecular formula is C19H16ClN5O3S. The number of para-hydroxylation sites is 1. The number of methoxy groups -OCH3 is 1. The number of hydrogen-bond donors (Lipinski definition) is 1. The van der Waals surface area contributed by atoms with Crippen LogP contribution in [0.3, 0.4) is 0 Å². The second-order valence-electron chi connectivity index (χ2n) is 6.19. The molecule has 0 saturated heterocycles. The highest BCUT2D eigenvalue weighted by Gasteiger charge is 2.16. The van der Waals surface area contributed by atoms with Crippen molar-refractivity contribution < 1.29 is 9.53 Å². The number of anilines is 1. The van der Waals surface area contributed by atoms with Gasteiger partial charge in [0.25, 0.3) is 5.56 Å². The number of amides is 1. The van der Waals surface area contributed by atoms with Crippen LogP contribution in [0.1, 0.15) is 0 Å². The van der Waals surface area contributed by atoms with Crippen molar-refractivity contribution in [2.75, 3.05) is 18.2 Å². The average Bonchev–Trinajstić information content (AvgIpc) is 3.15. The number of nitrogens with one attached hydrogen (secondary N) is 1. The fraction of sp³-hybridized carbons (Fsp3) is 0.158. The summed E-state index contributed by atoms with van der Waals surface area (Å²) in [5.41, 5.74) is 1.12. The van der Waals surface area contributed by atoms with Gasteiger partial charge in [-0.15, -0.1) is 10.2 Å². The molecule has 29 heavy (non-hydrogen) atoms. The lowest BCUT2D eigenvalue weighted by atomic mass is 10.2. The Morgan fingerprint density at radius 3 is 2.79 bits per heavy atom. The van der Waals surface area contributed by atoms with Crippen molar-refractivity contribution in [3.8, 4) is 5.75 Å². The van der Waals surface area contributed by atoms with Gasteiger partial charge < -0.3 is 10.1 Å². The molecule has 4 rings (SSSR count). The van der Waals surface area contributed by atoms with Crippen molar-refractivity contribution >= 4 is 51.6 Å². The van der Waals surface area contributed by atoms with Crippen LogP contribution in [0.25, 0.3) is 16.7 Å². The lowest BCUT2D eigenvalue weighted by Crippen LogP contribution is -2.20. The van der Waals surface area contributed by atoms with Crippen LogP contribution in [0.5, 0.6) is 5.75 Å². The maximum absolute atomic E-state index is 12.5. The smallest absolute Gasteiger partial charge is 0.262 e. The fourth-order valence-electron chi connectivity index (χ4n) is 2.98. The van der Waals surface area contributed by atoms with Gasteiger partial charge in [-0.25, -0.2) is 0 Å². The molecule has 0 aliphatic carbocycles. The Bertz CT molecular complexity index is 1300. The van der Waals surface area contributed by atoms with Crippen molar-refractivity contribution in [3.05, 3.63) is 57.8 Å². The Labute approximate surface area is 174 Å². The minimum absolute atomic E-state index is 0.113. The van der Waals surface area contributed by atoms with E-state index in [1.165, 1.54) is 23.4 Å². The minimum Gasteiger partial charge on any atom is -0.495 e. The first-order valence-corrected chi connectivity index (χ1v) is 9.95. The molecule has 0 fully saturated rings. The highest BCUT2D eigenvalue weighted by atomic mass is 35.5. The lowest BCUT2D eigenvalue weighted by molar-refractivity contribution is -0.113. The van der Waals surface area contributed by atoms with Gasteiger partial charge in [0.15, 0.2) is 5.16 Å². The number of carbonyl (C=O) groups is 1. The molecular weight excluding hydrogens is 414 g/mol. The molecule has 0 radical (unpaired) electrons. The van der Waals surface area contributed by atoms with E-state index in [9.17, 15) is 9.59 Å². The molecule has 0 saturated carbocycles. The molecule has 0 atom stereocenters. The predicted octanol–water partition coefficient (Wildman–Crippen LogP) is 2.97. The number of thioether (sulfide) groups is 1. The molecule has 10 heteroatoms. The van der Waals surface area contributed by atoms with Crippen molar-refractivity contribution in [2.45, 2.75) is 5.16 Å². The van der Waals surface area contributed by atoms with E-state index in [1.807, 2.05) is 12.1 Å². The van der Waals surface area contributed by atoms with Crippen LogP contribution >= 0.6 is 23.4 Å². The molecule has 0 unspecified atom stereocenters. The maximum atomic E-state index is 12.5. The van der Waals surface area contributed by atoms with Gasteiger partial charge in [0.1, 0.15) is 5.75 Å². The van der Waals surface area contributed by atoms with Gasteiger partial charge in [0.05, 0.1) is 28.8 Å². The Morgan fingerprint density at radius 2 is 2.03 bits per heavy atom. The topological polar surface area (TPSA) is 90.5 Å². The van der Waals surface area contributed by atoms with Crippen LogP contribution < -0.4 is 15.6 Å². The summed E-state index contributed by atoms with van der Waals surface area (Å²) in [6.45, 7) is 0. The average molecular weight is 430 g/mol. The molecule has 0 spiro atoms. The van der Waals surface area contributed by atoms with Crippen molar-refractivity contribution in [3.63, 3.8) is 0 Å². The number of benzene rings is 2. The van der Waals surface area contributed by atoms with Crippen LogP contribution in [0, 0.1) is 0 Å². The van der Waals surface area contributed by atoms with Crippen molar-refractivity contribution in [1.82, 2.24) is 19.2 Å². The lowest BCUT2D eigenvalue weighted by Gasteiger charge is -2.09. The Hall–Kier alpha value is -3.04. The van der Waals surface area contributed by atoms with E-state index in [0.717, 1.165) is 0 Å². The molecule has 0 aliphatic rings. The number of ether oxygens (including phenoxy) is 1. The van der Waals surface area contributed by atoms with E-state index < -0.39 is 0 Å². The van der Waals surface area contributed by atoms with Crippen LogP contribution in [0.15, 0.2) is 52.4 Å².